The Morgan fingerprint density at radius 2 is 1.80 bits per heavy atom. The Kier molecular flexibility index (Phi) is 3.14. The number of hydrogen-bond donors (Lipinski definition) is 2. The van der Waals surface area contributed by atoms with Gasteiger partial charge in [-0.3, -0.25) is 0 Å². The molecule has 1 aliphatic rings. The van der Waals surface area contributed by atoms with Crippen molar-refractivity contribution >= 4 is 5.69 Å². The molecule has 3 nitrogen and oxygen atoms in total. The summed E-state index contributed by atoms with van der Waals surface area (Å²) in [5.41, 5.74) is 2.68. The second-order valence-corrected chi connectivity index (χ2v) is 5.64. The molecular weight excluding hydrogens is 250 g/mol. The van der Waals surface area contributed by atoms with Gasteiger partial charge in [0.25, 0.3) is 0 Å². The molecule has 1 aliphatic heterocycles. The van der Waals surface area contributed by atoms with Crippen molar-refractivity contribution in [2.24, 2.45) is 0 Å². The van der Waals surface area contributed by atoms with Gasteiger partial charge in [0.05, 0.1) is 12.6 Å². The van der Waals surface area contributed by atoms with E-state index in [1.807, 2.05) is 42.5 Å². The molecule has 1 unspecified atom stereocenters. The first-order chi connectivity index (χ1) is 9.62. The van der Waals surface area contributed by atoms with Crippen molar-refractivity contribution in [1.82, 2.24) is 0 Å². The summed E-state index contributed by atoms with van der Waals surface area (Å²) in [5, 5.41) is 13.0. The standard InChI is InChI=1S/C17H19NO2/c1-17(2)16(13-8-4-6-10-15(13)20-17)18-14-9-5-3-7-12(14)11-19/h3-10,16,18-19H,11H2,1-2H3. The molecule has 0 saturated heterocycles. The molecular formula is C17H19NO2. The zero-order valence-electron chi connectivity index (χ0n) is 11.8. The van der Waals surface area contributed by atoms with Crippen LogP contribution < -0.4 is 10.1 Å². The average Bonchev–Trinajstić information content (AvgIpc) is 2.70. The van der Waals surface area contributed by atoms with Gasteiger partial charge in [-0.25, -0.2) is 0 Å². The van der Waals surface area contributed by atoms with Gasteiger partial charge in [-0.1, -0.05) is 36.4 Å². The lowest BCUT2D eigenvalue weighted by Crippen LogP contribution is -2.35. The highest BCUT2D eigenvalue weighted by Gasteiger charge is 2.41. The highest BCUT2D eigenvalue weighted by molar-refractivity contribution is 5.55. The predicted molar refractivity (Wildman–Crippen MR) is 79.9 cm³/mol. The monoisotopic (exact) mass is 269 g/mol. The summed E-state index contributed by atoms with van der Waals surface area (Å²) in [4.78, 5) is 0. The van der Waals surface area contributed by atoms with Crippen molar-refractivity contribution in [3.8, 4) is 5.75 Å². The summed E-state index contributed by atoms with van der Waals surface area (Å²) < 4.78 is 6.03. The summed E-state index contributed by atoms with van der Waals surface area (Å²) in [7, 11) is 0. The fourth-order valence-electron chi connectivity index (χ4n) is 2.73. The van der Waals surface area contributed by atoms with Crippen LogP contribution in [0.2, 0.25) is 0 Å². The second-order valence-electron chi connectivity index (χ2n) is 5.64. The number of fused-ring (bicyclic) bond motifs is 1. The normalized spacial score (nSPS) is 19.2. The minimum Gasteiger partial charge on any atom is -0.485 e. The van der Waals surface area contributed by atoms with Crippen molar-refractivity contribution in [2.75, 3.05) is 5.32 Å². The molecule has 3 rings (SSSR count). The van der Waals surface area contributed by atoms with Gasteiger partial charge < -0.3 is 15.2 Å². The average molecular weight is 269 g/mol. The van der Waals surface area contributed by atoms with Crippen LogP contribution in [0, 0.1) is 0 Å². The van der Waals surface area contributed by atoms with Crippen molar-refractivity contribution in [3.63, 3.8) is 0 Å². The Morgan fingerprint density at radius 3 is 2.60 bits per heavy atom. The summed E-state index contributed by atoms with van der Waals surface area (Å²) >= 11 is 0. The fraction of sp³-hybridized carbons (Fsp3) is 0.294. The molecule has 0 aromatic heterocycles. The van der Waals surface area contributed by atoms with Crippen molar-refractivity contribution in [1.29, 1.82) is 0 Å². The van der Waals surface area contributed by atoms with Gasteiger partial charge in [-0.15, -0.1) is 0 Å². The summed E-state index contributed by atoms with van der Waals surface area (Å²) in [6, 6.07) is 16.0. The van der Waals surface area contributed by atoms with E-state index in [0.29, 0.717) is 0 Å². The third-order valence-electron chi connectivity index (χ3n) is 3.79. The lowest BCUT2D eigenvalue weighted by atomic mass is 9.94. The number of ether oxygens (including phenoxy) is 1. The Morgan fingerprint density at radius 1 is 1.10 bits per heavy atom. The van der Waals surface area contributed by atoms with Gasteiger partial charge in [-0.2, -0.15) is 0 Å². The molecule has 1 heterocycles. The lowest BCUT2D eigenvalue weighted by molar-refractivity contribution is 0.118. The third-order valence-corrected chi connectivity index (χ3v) is 3.79. The molecule has 0 fully saturated rings. The summed E-state index contributed by atoms with van der Waals surface area (Å²) in [6.07, 6.45) is 0. The Balaban J connectivity index is 1.97. The van der Waals surface area contributed by atoms with E-state index in [2.05, 4.69) is 25.2 Å². The van der Waals surface area contributed by atoms with Crippen LogP contribution in [0.3, 0.4) is 0 Å². The Bertz CT molecular complexity index is 622. The number of rotatable bonds is 3. The molecule has 104 valence electrons. The van der Waals surface area contributed by atoms with Gasteiger partial charge >= 0.3 is 0 Å². The second kappa shape index (κ2) is 4.84. The van der Waals surface area contributed by atoms with Crippen molar-refractivity contribution in [3.05, 3.63) is 59.7 Å². The van der Waals surface area contributed by atoms with E-state index >= 15 is 0 Å². The quantitative estimate of drug-likeness (QED) is 0.896. The van der Waals surface area contributed by atoms with Crippen LogP contribution in [-0.4, -0.2) is 10.7 Å². The smallest absolute Gasteiger partial charge is 0.128 e. The van der Waals surface area contributed by atoms with Gasteiger partial charge in [0.2, 0.25) is 0 Å². The van der Waals surface area contributed by atoms with Crippen LogP contribution in [-0.2, 0) is 6.61 Å². The van der Waals surface area contributed by atoms with Crippen molar-refractivity contribution in [2.45, 2.75) is 32.1 Å². The predicted octanol–water partition coefficient (Wildman–Crippen LogP) is 3.50. The van der Waals surface area contributed by atoms with Crippen LogP contribution in [0.4, 0.5) is 5.69 Å². The van der Waals surface area contributed by atoms with Crippen LogP contribution in [0.15, 0.2) is 48.5 Å². The van der Waals surface area contributed by atoms with E-state index < -0.39 is 0 Å². The first kappa shape index (κ1) is 13.0. The van der Waals surface area contributed by atoms with E-state index in [0.717, 1.165) is 22.6 Å². The number of aliphatic hydroxyl groups is 1. The van der Waals surface area contributed by atoms with E-state index in [-0.39, 0.29) is 18.2 Å². The zero-order chi connectivity index (χ0) is 14.2. The molecule has 2 aromatic carbocycles. The highest BCUT2D eigenvalue weighted by Crippen LogP contribution is 2.44. The maximum atomic E-state index is 9.45. The molecule has 2 aromatic rings. The largest absolute Gasteiger partial charge is 0.485 e. The molecule has 3 heteroatoms. The van der Waals surface area contributed by atoms with Crippen molar-refractivity contribution < 1.29 is 9.84 Å². The number of para-hydroxylation sites is 2. The summed E-state index contributed by atoms with van der Waals surface area (Å²) in [5.74, 6) is 0.927. The molecule has 0 aliphatic carbocycles. The van der Waals surface area contributed by atoms with E-state index in [4.69, 9.17) is 4.74 Å². The minimum atomic E-state index is -0.327. The molecule has 1 atom stereocenters. The maximum absolute atomic E-state index is 9.45. The Labute approximate surface area is 119 Å². The first-order valence-electron chi connectivity index (χ1n) is 6.85. The van der Waals surface area contributed by atoms with Gasteiger partial charge in [-0.05, 0) is 26.0 Å². The van der Waals surface area contributed by atoms with Gasteiger partial charge in [0.15, 0.2) is 0 Å². The number of anilines is 1. The van der Waals surface area contributed by atoms with Crippen LogP contribution in [0.25, 0.3) is 0 Å². The maximum Gasteiger partial charge on any atom is 0.128 e. The number of hydrogen-bond acceptors (Lipinski definition) is 3. The number of nitrogens with one attached hydrogen (secondary N) is 1. The Hall–Kier alpha value is -2.00. The third kappa shape index (κ3) is 2.14. The highest BCUT2D eigenvalue weighted by atomic mass is 16.5. The molecule has 0 saturated carbocycles. The minimum absolute atomic E-state index is 0.0266. The molecule has 2 N–H and O–H groups in total. The van der Waals surface area contributed by atoms with Crippen LogP contribution in [0.5, 0.6) is 5.75 Å². The topological polar surface area (TPSA) is 41.5 Å². The van der Waals surface area contributed by atoms with E-state index in [9.17, 15) is 5.11 Å². The number of aliphatic hydroxyl groups excluding tert-OH is 1. The molecule has 0 amide bonds. The van der Waals surface area contributed by atoms with Crippen LogP contribution >= 0.6 is 0 Å². The van der Waals surface area contributed by atoms with Gasteiger partial charge in [0, 0.05) is 16.8 Å². The van der Waals surface area contributed by atoms with Crippen LogP contribution in [0.1, 0.15) is 31.0 Å². The zero-order valence-corrected chi connectivity index (χ0v) is 11.8. The van der Waals surface area contributed by atoms with Gasteiger partial charge in [0.1, 0.15) is 11.4 Å². The molecule has 0 spiro atoms. The van der Waals surface area contributed by atoms with E-state index in [1.54, 1.807) is 0 Å². The molecule has 20 heavy (non-hydrogen) atoms. The lowest BCUT2D eigenvalue weighted by Gasteiger charge is -2.28. The summed E-state index contributed by atoms with van der Waals surface area (Å²) in [6.45, 7) is 4.18. The first-order valence-corrected chi connectivity index (χ1v) is 6.85. The SMILES string of the molecule is CC1(C)Oc2ccccc2C1Nc1ccccc1CO. The molecule has 0 bridgehead atoms. The number of benzene rings is 2. The van der Waals surface area contributed by atoms with E-state index in [1.165, 1.54) is 0 Å². The molecule has 0 radical (unpaired) electrons. The fourth-order valence-corrected chi connectivity index (χ4v) is 2.73.